The molecule has 1 saturated heterocycles. The Bertz CT molecular complexity index is 452. The van der Waals surface area contributed by atoms with Crippen molar-refractivity contribution < 1.29 is 4.79 Å². The maximum Gasteiger partial charge on any atom is 0.155 e. The Morgan fingerprint density at radius 3 is 2.40 bits per heavy atom. The quantitative estimate of drug-likeness (QED) is 0.815. The number of likely N-dealkylation sites (tertiary alicyclic amines) is 1. The van der Waals surface area contributed by atoms with Crippen LogP contribution in [0.15, 0.2) is 30.3 Å². The molecule has 0 N–H and O–H groups in total. The van der Waals surface area contributed by atoms with Gasteiger partial charge in [-0.25, -0.2) is 0 Å². The molecule has 0 aromatic heterocycles. The van der Waals surface area contributed by atoms with E-state index in [0.717, 1.165) is 25.8 Å². The summed E-state index contributed by atoms with van der Waals surface area (Å²) in [6, 6.07) is 10.9. The van der Waals surface area contributed by atoms with E-state index in [1.165, 1.54) is 5.56 Å². The smallest absolute Gasteiger partial charge is 0.155 e. The number of rotatable bonds is 5. The van der Waals surface area contributed by atoms with Gasteiger partial charge < -0.3 is 0 Å². The van der Waals surface area contributed by atoms with Crippen LogP contribution in [0.2, 0.25) is 0 Å². The predicted octanol–water partition coefficient (Wildman–Crippen LogP) is 3.70. The molecule has 0 aliphatic carbocycles. The molecule has 1 atom stereocenters. The van der Waals surface area contributed by atoms with Gasteiger partial charge in [0.25, 0.3) is 0 Å². The third kappa shape index (κ3) is 2.80. The van der Waals surface area contributed by atoms with Crippen molar-refractivity contribution in [2.24, 2.45) is 5.92 Å². The lowest BCUT2D eigenvalue weighted by atomic mass is 9.79. The van der Waals surface area contributed by atoms with Crippen LogP contribution in [0, 0.1) is 5.92 Å². The molecule has 0 unspecified atom stereocenters. The SMILES string of the molecule is CC(C)C(=O)[C@]1(Cc2ccccc2)CCCN1C(C)C. The van der Waals surface area contributed by atoms with Crippen molar-refractivity contribution in [1.29, 1.82) is 0 Å². The fourth-order valence-corrected chi connectivity index (χ4v) is 3.66. The number of hydrogen-bond donors (Lipinski definition) is 0. The fraction of sp³-hybridized carbons (Fsp3) is 0.611. The highest BCUT2D eigenvalue weighted by Crippen LogP contribution is 2.37. The fourth-order valence-electron chi connectivity index (χ4n) is 3.66. The van der Waals surface area contributed by atoms with Gasteiger partial charge in [-0.05, 0) is 45.2 Å². The highest BCUT2D eigenvalue weighted by molar-refractivity contribution is 5.90. The molecule has 1 aliphatic rings. The lowest BCUT2D eigenvalue weighted by Gasteiger charge is -2.41. The molecule has 0 radical (unpaired) electrons. The first-order valence-corrected chi connectivity index (χ1v) is 7.82. The van der Waals surface area contributed by atoms with Crippen molar-refractivity contribution in [3.05, 3.63) is 35.9 Å². The second-order valence-electron chi connectivity index (χ2n) is 6.60. The summed E-state index contributed by atoms with van der Waals surface area (Å²) >= 11 is 0. The zero-order valence-corrected chi connectivity index (χ0v) is 13.2. The molecule has 2 rings (SSSR count). The van der Waals surface area contributed by atoms with E-state index in [2.05, 4.69) is 43.0 Å². The van der Waals surface area contributed by atoms with Gasteiger partial charge in [0.05, 0.1) is 5.54 Å². The van der Waals surface area contributed by atoms with Crippen molar-refractivity contribution in [3.63, 3.8) is 0 Å². The second kappa shape index (κ2) is 6.09. The lowest BCUT2D eigenvalue weighted by Crippen LogP contribution is -2.56. The van der Waals surface area contributed by atoms with Crippen LogP contribution in [0.3, 0.4) is 0 Å². The molecule has 0 spiro atoms. The van der Waals surface area contributed by atoms with Crippen LogP contribution in [0.5, 0.6) is 0 Å². The molecular weight excluding hydrogens is 246 g/mol. The van der Waals surface area contributed by atoms with Gasteiger partial charge in [0, 0.05) is 12.0 Å². The van der Waals surface area contributed by atoms with Crippen LogP contribution < -0.4 is 0 Å². The highest BCUT2D eigenvalue weighted by atomic mass is 16.1. The summed E-state index contributed by atoms with van der Waals surface area (Å²) in [6.07, 6.45) is 2.98. The third-order valence-corrected chi connectivity index (χ3v) is 4.48. The van der Waals surface area contributed by atoms with Gasteiger partial charge in [-0.15, -0.1) is 0 Å². The number of ketones is 1. The van der Waals surface area contributed by atoms with Crippen LogP contribution in [0.1, 0.15) is 46.1 Å². The first kappa shape index (κ1) is 15.2. The average Bonchev–Trinajstić information content (AvgIpc) is 2.83. The van der Waals surface area contributed by atoms with Crippen molar-refractivity contribution in [3.8, 4) is 0 Å². The maximum atomic E-state index is 12.9. The molecule has 1 aliphatic heterocycles. The summed E-state index contributed by atoms with van der Waals surface area (Å²) in [4.78, 5) is 15.4. The summed E-state index contributed by atoms with van der Waals surface area (Å²) in [5.74, 6) is 0.505. The first-order chi connectivity index (χ1) is 9.47. The molecule has 0 bridgehead atoms. The zero-order chi connectivity index (χ0) is 14.8. The second-order valence-corrected chi connectivity index (χ2v) is 6.60. The van der Waals surface area contributed by atoms with Gasteiger partial charge in [-0.3, -0.25) is 9.69 Å². The number of benzene rings is 1. The summed E-state index contributed by atoms with van der Waals surface area (Å²) in [5, 5.41) is 0. The standard InChI is InChI=1S/C18H27NO/c1-14(2)17(20)18(11-8-12-19(18)15(3)4)13-16-9-6-5-7-10-16/h5-7,9-10,14-15H,8,11-13H2,1-4H3/t18-/m1/s1. The molecule has 110 valence electrons. The molecule has 20 heavy (non-hydrogen) atoms. The molecular formula is C18H27NO. The number of carbonyl (C=O) groups excluding carboxylic acids is 1. The Morgan fingerprint density at radius 1 is 1.20 bits per heavy atom. The maximum absolute atomic E-state index is 12.9. The van der Waals surface area contributed by atoms with Crippen molar-refractivity contribution >= 4 is 5.78 Å². The van der Waals surface area contributed by atoms with E-state index in [-0.39, 0.29) is 11.5 Å². The molecule has 1 heterocycles. The van der Waals surface area contributed by atoms with Gasteiger partial charge in [0.1, 0.15) is 0 Å². The van der Waals surface area contributed by atoms with Gasteiger partial charge in [-0.1, -0.05) is 44.2 Å². The van der Waals surface area contributed by atoms with Gasteiger partial charge in [0.15, 0.2) is 5.78 Å². The minimum Gasteiger partial charge on any atom is -0.297 e. The van der Waals surface area contributed by atoms with E-state index in [1.54, 1.807) is 0 Å². The summed E-state index contributed by atoms with van der Waals surface area (Å²) in [6.45, 7) is 9.53. The van der Waals surface area contributed by atoms with Crippen molar-refractivity contribution in [2.45, 2.75) is 58.5 Å². The van der Waals surface area contributed by atoms with Gasteiger partial charge in [-0.2, -0.15) is 0 Å². The summed E-state index contributed by atoms with van der Waals surface area (Å²) < 4.78 is 0. The minimum atomic E-state index is -0.288. The summed E-state index contributed by atoms with van der Waals surface area (Å²) in [5.41, 5.74) is 0.984. The normalized spacial score (nSPS) is 23.7. The van der Waals surface area contributed by atoms with Gasteiger partial charge in [0.2, 0.25) is 0 Å². The Balaban J connectivity index is 2.36. The molecule has 1 aromatic carbocycles. The van der Waals surface area contributed by atoms with Crippen molar-refractivity contribution in [2.75, 3.05) is 6.54 Å². The van der Waals surface area contributed by atoms with E-state index < -0.39 is 0 Å². The molecule has 0 amide bonds. The molecule has 2 nitrogen and oxygen atoms in total. The van der Waals surface area contributed by atoms with Crippen LogP contribution in [-0.4, -0.2) is 28.8 Å². The molecule has 0 saturated carbocycles. The minimum absolute atomic E-state index is 0.0954. The Labute approximate surface area is 123 Å². The number of carbonyl (C=O) groups is 1. The number of nitrogens with zero attached hydrogens (tertiary/aromatic N) is 1. The van der Waals surface area contributed by atoms with E-state index in [0.29, 0.717) is 11.8 Å². The average molecular weight is 273 g/mol. The third-order valence-electron chi connectivity index (χ3n) is 4.48. The Kier molecular flexibility index (Phi) is 4.64. The van der Waals surface area contributed by atoms with Crippen LogP contribution in [0.25, 0.3) is 0 Å². The van der Waals surface area contributed by atoms with E-state index in [9.17, 15) is 4.79 Å². The molecule has 1 aromatic rings. The van der Waals surface area contributed by atoms with E-state index in [1.807, 2.05) is 19.9 Å². The van der Waals surface area contributed by atoms with Gasteiger partial charge >= 0.3 is 0 Å². The van der Waals surface area contributed by atoms with E-state index >= 15 is 0 Å². The van der Waals surface area contributed by atoms with Crippen LogP contribution >= 0.6 is 0 Å². The lowest BCUT2D eigenvalue weighted by molar-refractivity contribution is -0.134. The highest BCUT2D eigenvalue weighted by Gasteiger charge is 2.48. The summed E-state index contributed by atoms with van der Waals surface area (Å²) in [7, 11) is 0. The number of hydrogen-bond acceptors (Lipinski definition) is 2. The number of Topliss-reactive ketones (excluding diaryl/α,β-unsaturated/α-hetero) is 1. The topological polar surface area (TPSA) is 20.3 Å². The monoisotopic (exact) mass is 273 g/mol. The first-order valence-electron chi connectivity index (χ1n) is 7.82. The van der Waals surface area contributed by atoms with Crippen molar-refractivity contribution in [1.82, 2.24) is 4.90 Å². The predicted molar refractivity (Wildman–Crippen MR) is 83.8 cm³/mol. The zero-order valence-electron chi connectivity index (χ0n) is 13.2. The molecule has 1 fully saturated rings. The largest absolute Gasteiger partial charge is 0.297 e. The van der Waals surface area contributed by atoms with Crippen LogP contribution in [0.4, 0.5) is 0 Å². The van der Waals surface area contributed by atoms with E-state index in [4.69, 9.17) is 0 Å². The van der Waals surface area contributed by atoms with Crippen LogP contribution in [-0.2, 0) is 11.2 Å². The Hall–Kier alpha value is -1.15. The Morgan fingerprint density at radius 2 is 1.85 bits per heavy atom. The molecule has 2 heteroatoms.